The monoisotopic (exact) mass is 247 g/mol. The zero-order valence-electron chi connectivity index (χ0n) is 10.3. The number of hydrogen-bond donors (Lipinski definition) is 1. The van der Waals surface area contributed by atoms with E-state index in [0.717, 1.165) is 6.54 Å². The number of aromatic nitrogens is 2. The molecule has 0 aliphatic carbocycles. The smallest absolute Gasteiger partial charge is 0.187 e. The Bertz CT molecular complexity index is 546. The lowest BCUT2D eigenvalue weighted by molar-refractivity contribution is 0.414. The normalized spacial score (nSPS) is 10.2. The first-order chi connectivity index (χ1) is 8.76. The third-order valence-electron chi connectivity index (χ3n) is 2.45. The van der Waals surface area contributed by atoms with Gasteiger partial charge in [-0.05, 0) is 19.1 Å². The van der Waals surface area contributed by atoms with Crippen LogP contribution in [0.1, 0.15) is 6.92 Å². The summed E-state index contributed by atoms with van der Waals surface area (Å²) in [5.41, 5.74) is 1.23. The number of rotatable bonds is 4. The molecule has 0 unspecified atom stereocenters. The molecule has 1 aromatic heterocycles. The maximum atomic E-state index is 13.2. The van der Waals surface area contributed by atoms with Gasteiger partial charge < -0.3 is 10.1 Å². The number of hydrogen-bond acceptors (Lipinski definition) is 4. The molecule has 1 aromatic carbocycles. The molecule has 18 heavy (non-hydrogen) atoms. The van der Waals surface area contributed by atoms with Gasteiger partial charge in [0.15, 0.2) is 11.6 Å². The molecule has 0 spiro atoms. The van der Waals surface area contributed by atoms with Crippen LogP contribution in [-0.2, 0) is 0 Å². The van der Waals surface area contributed by atoms with Gasteiger partial charge in [-0.1, -0.05) is 12.1 Å². The highest BCUT2D eigenvalue weighted by Gasteiger charge is 2.13. The van der Waals surface area contributed by atoms with Crippen LogP contribution in [-0.4, -0.2) is 23.6 Å². The molecule has 0 amide bonds. The fourth-order valence-corrected chi connectivity index (χ4v) is 1.70. The Kier molecular flexibility index (Phi) is 3.72. The summed E-state index contributed by atoms with van der Waals surface area (Å²) in [7, 11) is 1.54. The van der Waals surface area contributed by atoms with Crippen molar-refractivity contribution in [3.8, 4) is 17.0 Å². The molecular weight excluding hydrogens is 233 g/mol. The minimum absolute atomic E-state index is 0.307. The number of benzene rings is 1. The molecule has 2 rings (SSSR count). The van der Waals surface area contributed by atoms with Crippen LogP contribution in [0.2, 0.25) is 0 Å². The maximum absolute atomic E-state index is 13.2. The highest BCUT2D eigenvalue weighted by atomic mass is 19.1. The highest BCUT2D eigenvalue weighted by Crippen LogP contribution is 2.32. The molecule has 0 bridgehead atoms. The zero-order chi connectivity index (χ0) is 13.0. The van der Waals surface area contributed by atoms with Crippen LogP contribution in [0.5, 0.6) is 5.75 Å². The Morgan fingerprint density at radius 1 is 1.33 bits per heavy atom. The van der Waals surface area contributed by atoms with Crippen molar-refractivity contribution in [3.63, 3.8) is 0 Å². The van der Waals surface area contributed by atoms with Crippen LogP contribution >= 0.6 is 0 Å². The second-order valence-electron chi connectivity index (χ2n) is 3.64. The van der Waals surface area contributed by atoms with E-state index in [4.69, 9.17) is 4.74 Å². The summed E-state index contributed by atoms with van der Waals surface area (Å²) >= 11 is 0. The minimum Gasteiger partial charge on any atom is -0.491 e. The van der Waals surface area contributed by atoms with Crippen molar-refractivity contribution in [1.29, 1.82) is 0 Å². The predicted octanol–water partition coefficient (Wildman–Crippen LogP) is 2.72. The Balaban J connectivity index is 2.53. The van der Waals surface area contributed by atoms with Crippen molar-refractivity contribution in [2.24, 2.45) is 0 Å². The van der Waals surface area contributed by atoms with Crippen molar-refractivity contribution in [3.05, 3.63) is 36.4 Å². The molecule has 1 N–H and O–H groups in total. The Morgan fingerprint density at radius 2 is 2.17 bits per heavy atom. The van der Waals surface area contributed by atoms with E-state index in [1.807, 2.05) is 6.92 Å². The molecule has 5 heteroatoms. The van der Waals surface area contributed by atoms with Gasteiger partial charge in [0.1, 0.15) is 17.8 Å². The number of nitrogens with one attached hydrogen (secondary N) is 1. The largest absolute Gasteiger partial charge is 0.491 e. The molecule has 0 aliphatic rings. The van der Waals surface area contributed by atoms with Gasteiger partial charge in [-0.15, -0.1) is 0 Å². The zero-order valence-corrected chi connectivity index (χ0v) is 10.3. The van der Waals surface area contributed by atoms with Crippen LogP contribution < -0.4 is 10.1 Å². The average Bonchev–Trinajstić information content (AvgIpc) is 2.39. The fraction of sp³-hybridized carbons (Fsp3) is 0.231. The van der Waals surface area contributed by atoms with E-state index in [1.165, 1.54) is 18.5 Å². The summed E-state index contributed by atoms with van der Waals surface area (Å²) in [5, 5.41) is 3.08. The van der Waals surface area contributed by atoms with Gasteiger partial charge >= 0.3 is 0 Å². The Labute approximate surface area is 105 Å². The summed E-state index contributed by atoms with van der Waals surface area (Å²) in [4.78, 5) is 8.27. The number of methoxy groups -OCH3 is 1. The minimum atomic E-state index is -0.307. The highest BCUT2D eigenvalue weighted by molar-refractivity contribution is 5.72. The van der Waals surface area contributed by atoms with Crippen LogP contribution in [0.15, 0.2) is 30.6 Å². The van der Waals surface area contributed by atoms with Crippen LogP contribution in [0, 0.1) is 5.82 Å². The lowest BCUT2D eigenvalue weighted by Gasteiger charge is -2.12. The molecule has 2 aromatic rings. The molecular formula is C13H14FN3O. The van der Waals surface area contributed by atoms with Gasteiger partial charge in [-0.25, -0.2) is 14.4 Å². The van der Waals surface area contributed by atoms with Gasteiger partial charge in [0, 0.05) is 12.1 Å². The van der Waals surface area contributed by atoms with E-state index in [0.29, 0.717) is 22.8 Å². The molecule has 0 radical (unpaired) electrons. The van der Waals surface area contributed by atoms with Gasteiger partial charge in [-0.3, -0.25) is 0 Å². The second-order valence-corrected chi connectivity index (χ2v) is 3.64. The van der Waals surface area contributed by atoms with Gasteiger partial charge in [0.05, 0.1) is 7.11 Å². The van der Waals surface area contributed by atoms with Crippen LogP contribution in [0.4, 0.5) is 10.2 Å². The van der Waals surface area contributed by atoms with Gasteiger partial charge in [0.2, 0.25) is 0 Å². The quantitative estimate of drug-likeness (QED) is 0.902. The standard InChI is InChI=1S/C13H14FN3O/c1-3-15-13-12(18-2)11(16-8-17-13)9-5-4-6-10(14)7-9/h4-8H,3H2,1-2H3,(H,15,16,17). The summed E-state index contributed by atoms with van der Waals surface area (Å²) in [6, 6.07) is 6.23. The van der Waals surface area contributed by atoms with E-state index in [1.54, 1.807) is 19.2 Å². The van der Waals surface area contributed by atoms with Crippen molar-refractivity contribution >= 4 is 5.82 Å². The first kappa shape index (κ1) is 12.3. The Hall–Kier alpha value is -2.17. The molecule has 0 atom stereocenters. The van der Waals surface area contributed by atoms with Crippen molar-refractivity contribution < 1.29 is 9.13 Å². The van der Waals surface area contributed by atoms with Gasteiger partial charge in [-0.2, -0.15) is 0 Å². The van der Waals surface area contributed by atoms with E-state index in [9.17, 15) is 4.39 Å². The lowest BCUT2D eigenvalue weighted by atomic mass is 10.1. The average molecular weight is 247 g/mol. The summed E-state index contributed by atoms with van der Waals surface area (Å²) in [6.07, 6.45) is 1.43. The molecule has 1 heterocycles. The maximum Gasteiger partial charge on any atom is 0.187 e. The second kappa shape index (κ2) is 5.44. The molecule has 0 aliphatic heterocycles. The third-order valence-corrected chi connectivity index (χ3v) is 2.45. The molecule has 94 valence electrons. The fourth-order valence-electron chi connectivity index (χ4n) is 1.70. The van der Waals surface area contributed by atoms with Crippen molar-refractivity contribution in [2.45, 2.75) is 6.92 Å². The molecule has 0 fully saturated rings. The van der Waals surface area contributed by atoms with E-state index >= 15 is 0 Å². The van der Waals surface area contributed by atoms with Crippen LogP contribution in [0.25, 0.3) is 11.3 Å². The topological polar surface area (TPSA) is 47.0 Å². The number of ether oxygens (including phenoxy) is 1. The van der Waals surface area contributed by atoms with E-state index in [-0.39, 0.29) is 5.82 Å². The SMILES string of the molecule is CCNc1ncnc(-c2cccc(F)c2)c1OC. The first-order valence-corrected chi connectivity index (χ1v) is 5.65. The summed E-state index contributed by atoms with van der Waals surface area (Å²) in [6.45, 7) is 2.68. The lowest BCUT2D eigenvalue weighted by Crippen LogP contribution is -2.04. The molecule has 0 saturated heterocycles. The van der Waals surface area contributed by atoms with E-state index < -0.39 is 0 Å². The number of halogens is 1. The number of anilines is 1. The van der Waals surface area contributed by atoms with E-state index in [2.05, 4.69) is 15.3 Å². The molecule has 4 nitrogen and oxygen atoms in total. The number of nitrogens with zero attached hydrogens (tertiary/aromatic N) is 2. The first-order valence-electron chi connectivity index (χ1n) is 5.65. The van der Waals surface area contributed by atoms with Gasteiger partial charge in [0.25, 0.3) is 0 Å². The Morgan fingerprint density at radius 3 is 2.83 bits per heavy atom. The van der Waals surface area contributed by atoms with Crippen LogP contribution in [0.3, 0.4) is 0 Å². The van der Waals surface area contributed by atoms with Crippen molar-refractivity contribution in [1.82, 2.24) is 9.97 Å². The predicted molar refractivity (Wildman–Crippen MR) is 68.1 cm³/mol. The third kappa shape index (κ3) is 2.40. The molecule has 0 saturated carbocycles. The van der Waals surface area contributed by atoms with Crippen molar-refractivity contribution in [2.75, 3.05) is 19.0 Å². The summed E-state index contributed by atoms with van der Waals surface area (Å²) < 4.78 is 18.6. The summed E-state index contributed by atoms with van der Waals surface area (Å²) in [5.74, 6) is 0.817.